The van der Waals surface area contributed by atoms with Gasteiger partial charge in [0, 0.05) is 5.56 Å². The van der Waals surface area contributed by atoms with E-state index in [1.807, 2.05) is 45.0 Å². The van der Waals surface area contributed by atoms with E-state index in [4.69, 9.17) is 0 Å². The second kappa shape index (κ2) is 6.00. The van der Waals surface area contributed by atoms with Gasteiger partial charge in [-0.05, 0) is 19.1 Å². The zero-order chi connectivity index (χ0) is 12.0. The Morgan fingerprint density at radius 2 is 1.75 bits per heavy atom. The molecule has 0 spiro atoms. The van der Waals surface area contributed by atoms with Crippen LogP contribution in [0, 0.1) is 6.92 Å². The molecule has 1 aromatic carbocycles. The van der Waals surface area contributed by atoms with Gasteiger partial charge in [0.05, 0.1) is 6.54 Å². The molecule has 2 rings (SSSR count). The van der Waals surface area contributed by atoms with E-state index in [1.54, 1.807) is 4.80 Å². The lowest BCUT2D eigenvalue weighted by atomic mass is 10.1. The van der Waals surface area contributed by atoms with Crippen molar-refractivity contribution < 1.29 is 0 Å². The average molecular weight is 218 g/mol. The minimum atomic E-state index is 0.687. The Kier molecular flexibility index (Phi) is 4.64. The highest BCUT2D eigenvalue weighted by Crippen LogP contribution is 2.13. The van der Waals surface area contributed by atoms with Gasteiger partial charge in [-0.15, -0.1) is 10.2 Å². The van der Waals surface area contributed by atoms with E-state index in [0.717, 1.165) is 12.1 Å². The van der Waals surface area contributed by atoms with Gasteiger partial charge in [0.1, 0.15) is 0 Å². The Balaban J connectivity index is 0.000000606. The first-order valence-corrected chi connectivity index (χ1v) is 5.64. The molecule has 0 N–H and O–H groups in total. The van der Waals surface area contributed by atoms with Gasteiger partial charge in [0.25, 0.3) is 0 Å². The van der Waals surface area contributed by atoms with Crippen molar-refractivity contribution in [2.75, 3.05) is 0 Å². The Hall–Kier alpha value is -1.71. The number of aromatic nitrogens is 4. The first kappa shape index (κ1) is 12.4. The van der Waals surface area contributed by atoms with Crippen molar-refractivity contribution in [3.8, 4) is 11.4 Å². The molecule has 0 atom stereocenters. The molecule has 0 bridgehead atoms. The second-order valence-corrected chi connectivity index (χ2v) is 3.17. The van der Waals surface area contributed by atoms with Crippen LogP contribution in [0.3, 0.4) is 0 Å². The smallest absolute Gasteiger partial charge is 0.164 e. The molecule has 0 amide bonds. The van der Waals surface area contributed by atoms with Gasteiger partial charge in [0.15, 0.2) is 0 Å². The zero-order valence-corrected chi connectivity index (χ0v) is 10.3. The average Bonchev–Trinajstić information content (AvgIpc) is 2.81. The molecular formula is C12H18N4. The number of rotatable bonds is 2. The van der Waals surface area contributed by atoms with Gasteiger partial charge < -0.3 is 0 Å². The van der Waals surface area contributed by atoms with E-state index in [-0.39, 0.29) is 0 Å². The molecule has 0 aliphatic carbocycles. The Morgan fingerprint density at radius 1 is 1.12 bits per heavy atom. The summed E-state index contributed by atoms with van der Waals surface area (Å²) >= 11 is 0. The Bertz CT molecular complexity index is 417. The molecule has 0 saturated carbocycles. The zero-order valence-electron chi connectivity index (χ0n) is 10.3. The number of aryl methyl sites for hydroxylation is 2. The van der Waals surface area contributed by atoms with Gasteiger partial charge >= 0.3 is 0 Å². The van der Waals surface area contributed by atoms with Crippen LogP contribution in [0.4, 0.5) is 0 Å². The summed E-state index contributed by atoms with van der Waals surface area (Å²) in [6.07, 6.45) is 0. The number of tetrazole rings is 1. The second-order valence-electron chi connectivity index (χ2n) is 3.17. The van der Waals surface area contributed by atoms with Crippen LogP contribution in [0.2, 0.25) is 0 Å². The number of hydrogen-bond donors (Lipinski definition) is 0. The quantitative estimate of drug-likeness (QED) is 0.778. The monoisotopic (exact) mass is 218 g/mol. The van der Waals surface area contributed by atoms with Crippen LogP contribution in [0.5, 0.6) is 0 Å². The lowest BCUT2D eigenvalue weighted by molar-refractivity contribution is 0.553. The molecule has 0 aliphatic heterocycles. The molecule has 2 aromatic rings. The maximum atomic E-state index is 4.22. The molecule has 86 valence electrons. The molecule has 1 heterocycles. The summed E-state index contributed by atoms with van der Waals surface area (Å²) in [7, 11) is 0. The molecule has 4 nitrogen and oxygen atoms in total. The van der Waals surface area contributed by atoms with Crippen molar-refractivity contribution >= 4 is 0 Å². The van der Waals surface area contributed by atoms with E-state index in [0.29, 0.717) is 5.82 Å². The fourth-order valence-corrected chi connectivity index (χ4v) is 1.20. The van der Waals surface area contributed by atoms with Crippen molar-refractivity contribution in [2.45, 2.75) is 34.2 Å². The van der Waals surface area contributed by atoms with Crippen LogP contribution in [-0.2, 0) is 6.54 Å². The number of benzene rings is 1. The van der Waals surface area contributed by atoms with Crippen LogP contribution < -0.4 is 0 Å². The normalized spacial score (nSPS) is 9.50. The summed E-state index contributed by atoms with van der Waals surface area (Å²) in [6, 6.07) is 8.10. The van der Waals surface area contributed by atoms with E-state index in [1.165, 1.54) is 5.56 Å². The van der Waals surface area contributed by atoms with Gasteiger partial charge in [-0.3, -0.25) is 0 Å². The predicted octanol–water partition coefficient (Wildman–Crippen LogP) is 2.69. The Labute approximate surface area is 96.3 Å². The fraction of sp³-hybridized carbons (Fsp3) is 0.417. The largest absolute Gasteiger partial charge is 0.204 e. The lowest BCUT2D eigenvalue weighted by Crippen LogP contribution is -1.98. The maximum absolute atomic E-state index is 4.22. The van der Waals surface area contributed by atoms with Gasteiger partial charge in [-0.2, -0.15) is 4.80 Å². The third-order valence-electron chi connectivity index (χ3n) is 2.05. The molecule has 0 saturated heterocycles. The first-order valence-electron chi connectivity index (χ1n) is 5.64. The van der Waals surface area contributed by atoms with Gasteiger partial charge in [-0.1, -0.05) is 43.7 Å². The van der Waals surface area contributed by atoms with Crippen LogP contribution >= 0.6 is 0 Å². The highest BCUT2D eigenvalue weighted by molar-refractivity contribution is 5.53. The molecule has 0 radical (unpaired) electrons. The maximum Gasteiger partial charge on any atom is 0.204 e. The summed E-state index contributed by atoms with van der Waals surface area (Å²) < 4.78 is 0. The molecule has 0 fully saturated rings. The van der Waals surface area contributed by atoms with E-state index in [9.17, 15) is 0 Å². The topological polar surface area (TPSA) is 43.6 Å². The summed E-state index contributed by atoms with van der Waals surface area (Å²) in [5.41, 5.74) is 2.24. The molecule has 0 aliphatic rings. The van der Waals surface area contributed by atoms with Crippen LogP contribution in [-0.4, -0.2) is 20.2 Å². The van der Waals surface area contributed by atoms with Crippen LogP contribution in [0.15, 0.2) is 24.3 Å². The number of nitrogens with zero attached hydrogens (tertiary/aromatic N) is 4. The molecule has 4 heteroatoms. The molecule has 16 heavy (non-hydrogen) atoms. The summed E-state index contributed by atoms with van der Waals surface area (Å²) in [6.45, 7) is 8.79. The summed E-state index contributed by atoms with van der Waals surface area (Å²) in [5, 5.41) is 12.1. The lowest BCUT2D eigenvalue weighted by Gasteiger charge is -1.94. The summed E-state index contributed by atoms with van der Waals surface area (Å²) in [4.78, 5) is 1.58. The van der Waals surface area contributed by atoms with Gasteiger partial charge in [-0.25, -0.2) is 0 Å². The highest BCUT2D eigenvalue weighted by Gasteiger charge is 2.03. The third kappa shape index (κ3) is 2.89. The number of hydrogen-bond acceptors (Lipinski definition) is 3. The van der Waals surface area contributed by atoms with Crippen molar-refractivity contribution in [3.05, 3.63) is 29.8 Å². The molecule has 0 unspecified atom stereocenters. The standard InChI is InChI=1S/C10H12N4.C2H6/c1-3-14-12-10(11-13-14)9-6-4-8(2)5-7-9;1-2/h4-7H,3H2,1-2H3;1-2H3. The molecular weight excluding hydrogens is 200 g/mol. The molecule has 1 aromatic heterocycles. The van der Waals surface area contributed by atoms with E-state index >= 15 is 0 Å². The van der Waals surface area contributed by atoms with Crippen molar-refractivity contribution in [1.29, 1.82) is 0 Å². The van der Waals surface area contributed by atoms with Crippen molar-refractivity contribution in [1.82, 2.24) is 20.2 Å². The fourth-order valence-electron chi connectivity index (χ4n) is 1.20. The third-order valence-corrected chi connectivity index (χ3v) is 2.05. The predicted molar refractivity (Wildman–Crippen MR) is 65.0 cm³/mol. The van der Waals surface area contributed by atoms with E-state index < -0.39 is 0 Å². The summed E-state index contributed by atoms with van der Waals surface area (Å²) in [5.74, 6) is 0.687. The SMILES string of the molecule is CC.CCn1nnc(-c2ccc(C)cc2)n1. The van der Waals surface area contributed by atoms with E-state index in [2.05, 4.69) is 22.3 Å². The minimum Gasteiger partial charge on any atom is -0.164 e. The Morgan fingerprint density at radius 3 is 2.25 bits per heavy atom. The van der Waals surface area contributed by atoms with Crippen molar-refractivity contribution in [3.63, 3.8) is 0 Å². The van der Waals surface area contributed by atoms with Crippen LogP contribution in [0.25, 0.3) is 11.4 Å². The highest BCUT2D eigenvalue weighted by atomic mass is 15.6. The van der Waals surface area contributed by atoms with Gasteiger partial charge in [0.2, 0.25) is 5.82 Å². The first-order chi connectivity index (χ1) is 7.79. The van der Waals surface area contributed by atoms with Crippen molar-refractivity contribution in [2.24, 2.45) is 0 Å². The minimum absolute atomic E-state index is 0.687. The van der Waals surface area contributed by atoms with Crippen LogP contribution in [0.1, 0.15) is 26.3 Å².